The third kappa shape index (κ3) is 3.00. The van der Waals surface area contributed by atoms with Gasteiger partial charge in [0.25, 0.3) is 0 Å². The number of dihydropyridines is 1. The summed E-state index contributed by atoms with van der Waals surface area (Å²) in [7, 11) is 1.27. The molecule has 1 unspecified atom stereocenters. The van der Waals surface area contributed by atoms with E-state index in [9.17, 15) is 9.90 Å². The van der Waals surface area contributed by atoms with Gasteiger partial charge in [-0.15, -0.1) is 0 Å². The molecule has 0 saturated heterocycles. The molecule has 0 radical (unpaired) electrons. The highest BCUT2D eigenvalue weighted by Crippen LogP contribution is 2.22. The van der Waals surface area contributed by atoms with Crippen LogP contribution in [0.1, 0.15) is 12.5 Å². The van der Waals surface area contributed by atoms with Gasteiger partial charge in [0.2, 0.25) is 0 Å². The first-order valence-corrected chi connectivity index (χ1v) is 6.24. The van der Waals surface area contributed by atoms with Crippen molar-refractivity contribution in [3.8, 4) is 0 Å². The van der Waals surface area contributed by atoms with Crippen molar-refractivity contribution < 1.29 is 19.4 Å². The van der Waals surface area contributed by atoms with Gasteiger partial charge in [0.05, 0.1) is 18.4 Å². The molecule has 0 aliphatic carbocycles. The number of allylic oxidation sites excluding steroid dienone is 1. The summed E-state index contributed by atoms with van der Waals surface area (Å²) in [5.74, 6) is -0.255. The number of carbonyl (C=O) groups excluding carboxylic acids is 1. The van der Waals surface area contributed by atoms with Gasteiger partial charge in [0.15, 0.2) is 0 Å². The molecule has 1 aromatic rings. The fourth-order valence-electron chi connectivity index (χ4n) is 1.89. The maximum absolute atomic E-state index is 11.5. The number of methoxy groups -OCH3 is 1. The molecule has 20 heavy (non-hydrogen) atoms. The molecule has 1 heterocycles. The monoisotopic (exact) mass is 275 g/mol. The van der Waals surface area contributed by atoms with Gasteiger partial charge in [-0.1, -0.05) is 30.3 Å². The molecule has 1 aromatic carbocycles. The zero-order valence-electron chi connectivity index (χ0n) is 11.4. The Hall–Kier alpha value is -2.27. The topological polar surface area (TPSA) is 67.8 Å². The Morgan fingerprint density at radius 2 is 2.05 bits per heavy atom. The van der Waals surface area contributed by atoms with E-state index in [1.165, 1.54) is 13.3 Å². The first kappa shape index (κ1) is 14.1. The lowest BCUT2D eigenvalue weighted by atomic mass is 10.1. The SMILES string of the molecule is COC(=O)C1=CNC(C)=C(OCc2ccccc2)C1O. The zero-order valence-corrected chi connectivity index (χ0v) is 11.4. The van der Waals surface area contributed by atoms with E-state index >= 15 is 0 Å². The summed E-state index contributed by atoms with van der Waals surface area (Å²) < 4.78 is 10.3. The second-order valence-electron chi connectivity index (χ2n) is 4.40. The molecular weight excluding hydrogens is 258 g/mol. The van der Waals surface area contributed by atoms with Crippen LogP contribution in [0.25, 0.3) is 0 Å². The third-order valence-corrected chi connectivity index (χ3v) is 3.01. The number of aliphatic hydroxyl groups excluding tert-OH is 1. The van der Waals surface area contributed by atoms with Crippen LogP contribution >= 0.6 is 0 Å². The van der Waals surface area contributed by atoms with E-state index in [-0.39, 0.29) is 5.57 Å². The Morgan fingerprint density at radius 3 is 2.70 bits per heavy atom. The van der Waals surface area contributed by atoms with E-state index in [1.807, 2.05) is 30.3 Å². The zero-order chi connectivity index (χ0) is 14.5. The highest BCUT2D eigenvalue weighted by Gasteiger charge is 2.29. The van der Waals surface area contributed by atoms with Crippen molar-refractivity contribution in [3.63, 3.8) is 0 Å². The molecule has 0 amide bonds. The standard InChI is InChI=1S/C15H17NO4/c1-10-14(20-9-11-6-4-3-5-7-11)13(17)12(8-16-10)15(18)19-2/h3-8,13,16-17H,9H2,1-2H3. The maximum Gasteiger partial charge on any atom is 0.338 e. The minimum absolute atomic E-state index is 0.126. The number of hydrogen-bond acceptors (Lipinski definition) is 5. The van der Waals surface area contributed by atoms with Gasteiger partial charge in [-0.2, -0.15) is 0 Å². The van der Waals surface area contributed by atoms with Gasteiger partial charge in [0.1, 0.15) is 18.5 Å². The first-order valence-electron chi connectivity index (χ1n) is 6.24. The smallest absolute Gasteiger partial charge is 0.338 e. The highest BCUT2D eigenvalue weighted by atomic mass is 16.5. The van der Waals surface area contributed by atoms with Crippen LogP contribution < -0.4 is 5.32 Å². The van der Waals surface area contributed by atoms with Gasteiger partial charge in [-0.05, 0) is 12.5 Å². The van der Waals surface area contributed by atoms with Crippen molar-refractivity contribution in [3.05, 3.63) is 59.1 Å². The largest absolute Gasteiger partial charge is 0.488 e. The van der Waals surface area contributed by atoms with Gasteiger partial charge in [-0.25, -0.2) is 4.79 Å². The molecule has 0 aromatic heterocycles. The minimum atomic E-state index is -1.12. The molecular formula is C15H17NO4. The number of rotatable bonds is 4. The van der Waals surface area contributed by atoms with Crippen molar-refractivity contribution >= 4 is 5.97 Å². The van der Waals surface area contributed by atoms with Crippen LogP contribution in [0.5, 0.6) is 0 Å². The second kappa shape index (κ2) is 6.25. The number of benzene rings is 1. The van der Waals surface area contributed by atoms with Crippen LogP contribution in [0.4, 0.5) is 0 Å². The van der Waals surface area contributed by atoms with Crippen LogP contribution in [0.3, 0.4) is 0 Å². The molecule has 106 valence electrons. The van der Waals surface area contributed by atoms with E-state index < -0.39 is 12.1 Å². The quantitative estimate of drug-likeness (QED) is 0.814. The van der Waals surface area contributed by atoms with E-state index in [0.717, 1.165) is 5.56 Å². The first-order chi connectivity index (χ1) is 9.63. The summed E-state index contributed by atoms with van der Waals surface area (Å²) in [4.78, 5) is 11.5. The number of nitrogens with one attached hydrogen (secondary N) is 1. The lowest BCUT2D eigenvalue weighted by Crippen LogP contribution is -2.31. The van der Waals surface area contributed by atoms with Gasteiger partial charge >= 0.3 is 5.97 Å². The lowest BCUT2D eigenvalue weighted by molar-refractivity contribution is -0.137. The van der Waals surface area contributed by atoms with Crippen LogP contribution in [-0.2, 0) is 20.9 Å². The predicted octanol–water partition coefficient (Wildman–Crippen LogP) is 1.46. The Kier molecular flexibility index (Phi) is 4.42. The molecule has 5 nitrogen and oxygen atoms in total. The number of carbonyl (C=O) groups is 1. The molecule has 1 aliphatic heterocycles. The van der Waals surface area contributed by atoms with Crippen LogP contribution in [0.2, 0.25) is 0 Å². The van der Waals surface area contributed by atoms with Crippen LogP contribution in [0.15, 0.2) is 53.6 Å². The van der Waals surface area contributed by atoms with E-state index in [0.29, 0.717) is 18.1 Å². The minimum Gasteiger partial charge on any atom is -0.488 e. The van der Waals surface area contributed by atoms with Gasteiger partial charge in [-0.3, -0.25) is 0 Å². The third-order valence-electron chi connectivity index (χ3n) is 3.01. The van der Waals surface area contributed by atoms with Crippen molar-refractivity contribution in [2.45, 2.75) is 19.6 Å². The Labute approximate surface area is 117 Å². The molecule has 0 fully saturated rings. The van der Waals surface area contributed by atoms with Crippen molar-refractivity contribution in [1.82, 2.24) is 5.32 Å². The average Bonchev–Trinajstić information content (AvgIpc) is 2.47. The fraction of sp³-hybridized carbons (Fsp3) is 0.267. The van der Waals surface area contributed by atoms with Crippen molar-refractivity contribution in [2.24, 2.45) is 0 Å². The van der Waals surface area contributed by atoms with Gasteiger partial charge in [0, 0.05) is 6.20 Å². The summed E-state index contributed by atoms with van der Waals surface area (Å²) in [5, 5.41) is 13.1. The van der Waals surface area contributed by atoms with Crippen LogP contribution in [-0.4, -0.2) is 24.3 Å². The van der Waals surface area contributed by atoms with E-state index in [2.05, 4.69) is 10.1 Å². The summed E-state index contributed by atoms with van der Waals surface area (Å²) in [5.41, 5.74) is 1.77. The molecule has 1 aliphatic rings. The molecule has 5 heteroatoms. The normalized spacial score (nSPS) is 18.1. The summed E-state index contributed by atoms with van der Waals surface area (Å²) >= 11 is 0. The summed E-state index contributed by atoms with van der Waals surface area (Å²) in [6.45, 7) is 2.09. The predicted molar refractivity (Wildman–Crippen MR) is 73.2 cm³/mol. The molecule has 0 spiro atoms. The summed E-state index contributed by atoms with van der Waals surface area (Å²) in [6, 6.07) is 9.60. The maximum atomic E-state index is 11.5. The number of hydrogen-bond donors (Lipinski definition) is 2. The van der Waals surface area contributed by atoms with Crippen molar-refractivity contribution in [2.75, 3.05) is 7.11 Å². The summed E-state index contributed by atoms with van der Waals surface area (Å²) in [6.07, 6.45) is 0.314. The molecule has 0 bridgehead atoms. The number of esters is 1. The van der Waals surface area contributed by atoms with E-state index in [1.54, 1.807) is 6.92 Å². The lowest BCUT2D eigenvalue weighted by Gasteiger charge is -2.24. The average molecular weight is 275 g/mol. The Bertz CT molecular complexity index is 548. The molecule has 2 rings (SSSR count). The number of ether oxygens (including phenoxy) is 2. The molecule has 2 N–H and O–H groups in total. The highest BCUT2D eigenvalue weighted by molar-refractivity contribution is 5.90. The Balaban J connectivity index is 2.08. The Morgan fingerprint density at radius 1 is 1.35 bits per heavy atom. The van der Waals surface area contributed by atoms with Crippen molar-refractivity contribution in [1.29, 1.82) is 0 Å². The second-order valence-corrected chi connectivity index (χ2v) is 4.40. The van der Waals surface area contributed by atoms with E-state index in [4.69, 9.17) is 4.74 Å². The number of aliphatic hydroxyl groups is 1. The van der Waals surface area contributed by atoms with Crippen LogP contribution in [0, 0.1) is 0 Å². The molecule has 0 saturated carbocycles. The molecule has 1 atom stereocenters. The van der Waals surface area contributed by atoms with Gasteiger partial charge < -0.3 is 19.9 Å². The fourth-order valence-corrected chi connectivity index (χ4v) is 1.89.